The number of alkyl halides is 3. The molecule has 0 fully saturated rings. The van der Waals surface area contributed by atoms with Crippen molar-refractivity contribution in [2.24, 2.45) is 0 Å². The van der Waals surface area contributed by atoms with Crippen molar-refractivity contribution in [2.75, 3.05) is 20.1 Å². The molecule has 0 aliphatic carbocycles. The average Bonchev–Trinajstić information content (AvgIpc) is 2.39. The molecular formula is C13H12ClF4N3O2. The van der Waals surface area contributed by atoms with Crippen molar-refractivity contribution >= 4 is 22.5 Å². The van der Waals surface area contributed by atoms with Crippen molar-refractivity contribution in [3.05, 3.63) is 43.8 Å². The number of H-pyrrole nitrogens is 1. The number of nitrogens with zero attached hydrogens (tertiary/aromatic N) is 2. The Kier molecular flexibility index (Phi) is 4.81. The summed E-state index contributed by atoms with van der Waals surface area (Å²) in [5.74, 6) is -0.795. The summed E-state index contributed by atoms with van der Waals surface area (Å²) >= 11 is 5.60. The monoisotopic (exact) mass is 353 g/mol. The van der Waals surface area contributed by atoms with Gasteiger partial charge in [0.25, 0.3) is 5.56 Å². The number of likely N-dealkylation sites (N-methyl/N-ethyl adjacent to an activating group) is 1. The molecule has 0 amide bonds. The molecule has 0 atom stereocenters. The predicted octanol–water partition coefficient (Wildman–Crippen LogP) is 1.98. The molecule has 126 valence electrons. The van der Waals surface area contributed by atoms with E-state index in [0.29, 0.717) is 0 Å². The molecule has 10 heteroatoms. The van der Waals surface area contributed by atoms with Crippen LogP contribution in [0.3, 0.4) is 0 Å². The number of benzene rings is 1. The van der Waals surface area contributed by atoms with E-state index in [0.717, 1.165) is 21.6 Å². The molecule has 1 aromatic heterocycles. The van der Waals surface area contributed by atoms with Crippen LogP contribution in [0.15, 0.2) is 21.7 Å². The molecule has 0 bridgehead atoms. The lowest BCUT2D eigenvalue weighted by atomic mass is 10.2. The maximum atomic E-state index is 13.3. The Bertz CT molecular complexity index is 844. The van der Waals surface area contributed by atoms with Gasteiger partial charge in [0.1, 0.15) is 5.82 Å². The van der Waals surface area contributed by atoms with E-state index in [1.807, 2.05) is 0 Å². The average molecular weight is 354 g/mol. The van der Waals surface area contributed by atoms with Gasteiger partial charge in [0.05, 0.1) is 22.5 Å². The van der Waals surface area contributed by atoms with Crippen LogP contribution >= 0.6 is 11.6 Å². The molecule has 0 aliphatic heterocycles. The van der Waals surface area contributed by atoms with Crippen molar-refractivity contribution in [1.29, 1.82) is 0 Å². The Morgan fingerprint density at radius 1 is 1.30 bits per heavy atom. The molecular weight excluding hydrogens is 342 g/mol. The molecule has 5 nitrogen and oxygen atoms in total. The van der Waals surface area contributed by atoms with Crippen molar-refractivity contribution in [3.8, 4) is 0 Å². The fourth-order valence-electron chi connectivity index (χ4n) is 2.11. The first kappa shape index (κ1) is 17.5. The van der Waals surface area contributed by atoms with Gasteiger partial charge in [-0.15, -0.1) is 0 Å². The highest BCUT2D eigenvalue weighted by molar-refractivity contribution is 6.31. The van der Waals surface area contributed by atoms with Crippen molar-refractivity contribution < 1.29 is 17.6 Å². The maximum absolute atomic E-state index is 13.3. The third-order valence-corrected chi connectivity index (χ3v) is 3.47. The molecule has 0 spiro atoms. The van der Waals surface area contributed by atoms with E-state index in [1.165, 1.54) is 7.05 Å². The molecule has 2 rings (SSSR count). The number of hydrogen-bond acceptors (Lipinski definition) is 3. The predicted molar refractivity (Wildman–Crippen MR) is 77.3 cm³/mol. The first-order valence-corrected chi connectivity index (χ1v) is 6.83. The molecule has 1 aromatic carbocycles. The largest absolute Gasteiger partial charge is 0.401 e. The van der Waals surface area contributed by atoms with Gasteiger partial charge in [0, 0.05) is 13.1 Å². The summed E-state index contributed by atoms with van der Waals surface area (Å²) < 4.78 is 50.9. The highest BCUT2D eigenvalue weighted by Gasteiger charge is 2.29. The first-order chi connectivity index (χ1) is 10.6. The smallest absolute Gasteiger partial charge is 0.307 e. The minimum Gasteiger partial charge on any atom is -0.307 e. The van der Waals surface area contributed by atoms with Gasteiger partial charge >= 0.3 is 11.9 Å². The van der Waals surface area contributed by atoms with E-state index in [2.05, 4.69) is 4.98 Å². The fourth-order valence-corrected chi connectivity index (χ4v) is 2.27. The zero-order chi connectivity index (χ0) is 17.4. The summed E-state index contributed by atoms with van der Waals surface area (Å²) in [5.41, 5.74) is -1.60. The summed E-state index contributed by atoms with van der Waals surface area (Å²) in [6, 6.07) is 1.99. The zero-order valence-corrected chi connectivity index (χ0v) is 12.6. The molecule has 1 N–H and O–H groups in total. The number of aromatic nitrogens is 2. The van der Waals surface area contributed by atoms with Crippen LogP contribution in [0, 0.1) is 5.82 Å². The lowest BCUT2D eigenvalue weighted by molar-refractivity contribution is -0.143. The van der Waals surface area contributed by atoms with Crippen LogP contribution in [0.25, 0.3) is 10.9 Å². The second-order valence-electron chi connectivity index (χ2n) is 5.05. The molecule has 23 heavy (non-hydrogen) atoms. The molecule has 2 aromatic rings. The summed E-state index contributed by atoms with van der Waals surface area (Å²) in [7, 11) is 1.22. The highest BCUT2D eigenvalue weighted by Crippen LogP contribution is 2.18. The fraction of sp³-hybridized carbons (Fsp3) is 0.385. The maximum Gasteiger partial charge on any atom is 0.401 e. The van der Waals surface area contributed by atoms with Crippen molar-refractivity contribution in [3.63, 3.8) is 0 Å². The third kappa shape index (κ3) is 4.11. The number of nitrogens with one attached hydrogen (secondary N) is 1. The quantitative estimate of drug-likeness (QED) is 0.855. The Morgan fingerprint density at radius 2 is 1.96 bits per heavy atom. The Labute approximate surface area is 132 Å². The second-order valence-corrected chi connectivity index (χ2v) is 5.46. The molecule has 0 saturated carbocycles. The summed E-state index contributed by atoms with van der Waals surface area (Å²) in [6.45, 7) is -1.57. The molecule has 1 heterocycles. The minimum atomic E-state index is -4.37. The lowest BCUT2D eigenvalue weighted by Gasteiger charge is -2.18. The minimum absolute atomic E-state index is 0.0190. The van der Waals surface area contributed by atoms with Crippen molar-refractivity contribution in [1.82, 2.24) is 14.5 Å². The van der Waals surface area contributed by atoms with E-state index >= 15 is 0 Å². The van der Waals surface area contributed by atoms with Gasteiger partial charge in [-0.05, 0) is 19.2 Å². The SMILES string of the molecule is CN(CCn1c(=O)[nH]c2cc(F)c(Cl)cc2c1=O)CC(F)(F)F. The third-order valence-electron chi connectivity index (χ3n) is 3.18. The summed E-state index contributed by atoms with van der Waals surface area (Å²) in [5, 5.41) is -0.308. The Balaban J connectivity index is 2.33. The van der Waals surface area contributed by atoms with Gasteiger partial charge in [-0.25, -0.2) is 9.18 Å². The van der Waals surface area contributed by atoms with Crippen LogP contribution in [0.4, 0.5) is 17.6 Å². The van der Waals surface area contributed by atoms with Gasteiger partial charge in [0.2, 0.25) is 0 Å². The van der Waals surface area contributed by atoms with Gasteiger partial charge in [-0.1, -0.05) is 11.6 Å². The number of rotatable bonds is 4. The number of hydrogen-bond donors (Lipinski definition) is 1. The number of fused-ring (bicyclic) bond motifs is 1. The molecule has 0 radical (unpaired) electrons. The Hall–Kier alpha value is -1.87. The number of halogens is 5. The molecule has 0 saturated heterocycles. The standard InChI is InChI=1S/C13H12ClF4N3O2/c1-20(6-13(16,17)18)2-3-21-11(22)7-4-8(14)9(15)5-10(7)19-12(21)23/h4-5H,2-3,6H2,1H3,(H,19,23). The van der Waals surface area contributed by atoms with E-state index in [1.54, 1.807) is 0 Å². The highest BCUT2D eigenvalue weighted by atomic mass is 35.5. The van der Waals surface area contributed by atoms with Gasteiger partial charge in [0.15, 0.2) is 0 Å². The molecule has 0 unspecified atom stereocenters. The lowest BCUT2D eigenvalue weighted by Crippen LogP contribution is -2.40. The van der Waals surface area contributed by atoms with Crippen LogP contribution in [0.2, 0.25) is 5.02 Å². The number of aromatic amines is 1. The topological polar surface area (TPSA) is 58.1 Å². The van der Waals surface area contributed by atoms with Crippen LogP contribution in [0.5, 0.6) is 0 Å². The van der Waals surface area contributed by atoms with Crippen LogP contribution < -0.4 is 11.2 Å². The summed E-state index contributed by atoms with van der Waals surface area (Å²) in [4.78, 5) is 27.3. The second kappa shape index (κ2) is 6.32. The molecule has 0 aliphatic rings. The van der Waals surface area contributed by atoms with E-state index in [4.69, 9.17) is 11.6 Å². The van der Waals surface area contributed by atoms with Crippen molar-refractivity contribution in [2.45, 2.75) is 12.7 Å². The normalized spacial score (nSPS) is 12.3. The summed E-state index contributed by atoms with van der Waals surface area (Å²) in [6.07, 6.45) is -4.37. The van der Waals surface area contributed by atoms with Crippen LogP contribution in [-0.2, 0) is 6.54 Å². The van der Waals surface area contributed by atoms with Gasteiger partial charge in [-0.3, -0.25) is 14.3 Å². The van der Waals surface area contributed by atoms with E-state index in [9.17, 15) is 27.2 Å². The van der Waals surface area contributed by atoms with E-state index in [-0.39, 0.29) is 29.0 Å². The van der Waals surface area contributed by atoms with Gasteiger partial charge in [-0.2, -0.15) is 13.2 Å². The van der Waals surface area contributed by atoms with Crippen LogP contribution in [0.1, 0.15) is 0 Å². The van der Waals surface area contributed by atoms with Gasteiger partial charge < -0.3 is 4.98 Å². The van der Waals surface area contributed by atoms with Crippen LogP contribution in [-0.4, -0.2) is 40.8 Å². The van der Waals surface area contributed by atoms with E-state index < -0.39 is 29.8 Å². The zero-order valence-electron chi connectivity index (χ0n) is 11.9. The first-order valence-electron chi connectivity index (χ1n) is 6.45. The Morgan fingerprint density at radius 3 is 2.57 bits per heavy atom.